The van der Waals surface area contributed by atoms with Gasteiger partial charge in [0.1, 0.15) is 12.4 Å². The van der Waals surface area contributed by atoms with Gasteiger partial charge in [0.15, 0.2) is 0 Å². The van der Waals surface area contributed by atoms with Crippen LogP contribution in [0.4, 0.5) is 4.79 Å². The van der Waals surface area contributed by atoms with E-state index in [0.29, 0.717) is 16.9 Å². The Hall–Kier alpha value is -4.43. The SMILES string of the molecule is O=C(C=Cc1cccc(CN(CCOc2ccccc2)C(=O)NC(=O)c2ccccc2)c1)NO. The summed E-state index contributed by atoms with van der Waals surface area (Å²) in [5, 5.41) is 11.1. The highest BCUT2D eigenvalue weighted by Crippen LogP contribution is 2.12. The molecule has 3 aromatic carbocycles. The molecule has 174 valence electrons. The molecule has 0 aromatic heterocycles. The van der Waals surface area contributed by atoms with Crippen LogP contribution in [0.25, 0.3) is 6.08 Å². The topological polar surface area (TPSA) is 108 Å². The molecule has 34 heavy (non-hydrogen) atoms. The molecule has 4 amide bonds. The standard InChI is InChI=1S/C26H25N3O5/c30-24(28-33)15-14-20-8-7-9-21(18-20)19-29(16-17-34-23-12-5-2-6-13-23)26(32)27-25(31)22-10-3-1-4-11-22/h1-15,18,33H,16-17,19H2,(H,28,30)(H,27,31,32). The molecule has 0 aliphatic heterocycles. The highest BCUT2D eigenvalue weighted by atomic mass is 16.5. The van der Waals surface area contributed by atoms with E-state index in [1.165, 1.54) is 22.5 Å². The Morgan fingerprint density at radius 1 is 0.912 bits per heavy atom. The van der Waals surface area contributed by atoms with Gasteiger partial charge in [0.25, 0.3) is 11.8 Å². The average Bonchev–Trinajstić information content (AvgIpc) is 2.88. The van der Waals surface area contributed by atoms with Gasteiger partial charge in [0, 0.05) is 18.2 Å². The number of hydrogen-bond acceptors (Lipinski definition) is 5. The van der Waals surface area contributed by atoms with Crippen LogP contribution in [0.15, 0.2) is 91.0 Å². The van der Waals surface area contributed by atoms with Gasteiger partial charge in [-0.25, -0.2) is 10.3 Å². The maximum Gasteiger partial charge on any atom is 0.324 e. The number of nitrogens with one attached hydrogen (secondary N) is 2. The Balaban J connectivity index is 1.71. The summed E-state index contributed by atoms with van der Waals surface area (Å²) in [6.45, 7) is 0.670. The number of hydroxylamine groups is 1. The van der Waals surface area contributed by atoms with Crippen molar-refractivity contribution in [2.45, 2.75) is 6.54 Å². The highest BCUT2D eigenvalue weighted by Gasteiger charge is 2.18. The van der Waals surface area contributed by atoms with Crippen LogP contribution in [0.2, 0.25) is 0 Å². The smallest absolute Gasteiger partial charge is 0.324 e. The Morgan fingerprint density at radius 3 is 2.32 bits per heavy atom. The zero-order valence-electron chi connectivity index (χ0n) is 18.4. The Labute approximate surface area is 197 Å². The number of carbonyl (C=O) groups is 3. The number of ether oxygens (including phenoxy) is 1. The second kappa shape index (κ2) is 12.6. The quantitative estimate of drug-likeness (QED) is 0.257. The lowest BCUT2D eigenvalue weighted by Crippen LogP contribution is -2.44. The first-order valence-electron chi connectivity index (χ1n) is 10.6. The summed E-state index contributed by atoms with van der Waals surface area (Å²) >= 11 is 0. The van der Waals surface area contributed by atoms with Gasteiger partial charge in [0.05, 0.1) is 6.54 Å². The number of carbonyl (C=O) groups excluding carboxylic acids is 3. The van der Waals surface area contributed by atoms with E-state index < -0.39 is 17.8 Å². The van der Waals surface area contributed by atoms with Gasteiger partial charge in [-0.15, -0.1) is 0 Å². The molecule has 0 aliphatic rings. The van der Waals surface area contributed by atoms with Crippen molar-refractivity contribution < 1.29 is 24.3 Å². The number of rotatable bonds is 9. The van der Waals surface area contributed by atoms with Gasteiger partial charge < -0.3 is 9.64 Å². The first kappa shape index (κ1) is 24.2. The van der Waals surface area contributed by atoms with Gasteiger partial charge in [0.2, 0.25) is 0 Å². The maximum atomic E-state index is 13.0. The minimum atomic E-state index is -0.649. The summed E-state index contributed by atoms with van der Waals surface area (Å²) in [6.07, 6.45) is 2.73. The molecule has 0 aliphatic carbocycles. The summed E-state index contributed by atoms with van der Waals surface area (Å²) in [7, 11) is 0. The Bertz CT molecular complexity index is 1130. The lowest BCUT2D eigenvalue weighted by molar-refractivity contribution is -0.124. The molecule has 8 heteroatoms. The molecule has 0 heterocycles. The van der Waals surface area contributed by atoms with Crippen molar-refractivity contribution in [1.29, 1.82) is 0 Å². The molecular weight excluding hydrogens is 434 g/mol. The van der Waals surface area contributed by atoms with Crippen LogP contribution in [0.1, 0.15) is 21.5 Å². The lowest BCUT2D eigenvalue weighted by atomic mass is 10.1. The van der Waals surface area contributed by atoms with Gasteiger partial charge in [-0.2, -0.15) is 0 Å². The Morgan fingerprint density at radius 2 is 1.62 bits per heavy atom. The second-order valence-corrected chi connectivity index (χ2v) is 7.26. The molecular formula is C26H25N3O5. The van der Waals surface area contributed by atoms with Crippen molar-refractivity contribution in [2.24, 2.45) is 0 Å². The third-order valence-corrected chi connectivity index (χ3v) is 4.78. The molecule has 0 saturated carbocycles. The number of urea groups is 1. The first-order valence-corrected chi connectivity index (χ1v) is 10.6. The van der Waals surface area contributed by atoms with Gasteiger partial charge in [-0.3, -0.25) is 20.1 Å². The maximum absolute atomic E-state index is 13.0. The molecule has 3 rings (SSSR count). The zero-order valence-corrected chi connectivity index (χ0v) is 18.4. The molecule has 0 spiro atoms. The molecule has 0 atom stereocenters. The van der Waals surface area contributed by atoms with E-state index in [4.69, 9.17) is 9.94 Å². The van der Waals surface area contributed by atoms with Crippen LogP contribution in [-0.4, -0.2) is 41.1 Å². The Kier molecular flexibility index (Phi) is 8.95. The normalized spacial score (nSPS) is 10.5. The molecule has 0 radical (unpaired) electrons. The third-order valence-electron chi connectivity index (χ3n) is 4.78. The van der Waals surface area contributed by atoms with Crippen molar-refractivity contribution >= 4 is 23.9 Å². The van der Waals surface area contributed by atoms with Crippen LogP contribution in [0.3, 0.4) is 0 Å². The average molecular weight is 460 g/mol. The molecule has 0 fully saturated rings. The molecule has 3 N–H and O–H groups in total. The fourth-order valence-corrected chi connectivity index (χ4v) is 3.11. The van der Waals surface area contributed by atoms with Crippen LogP contribution in [-0.2, 0) is 11.3 Å². The van der Waals surface area contributed by atoms with Crippen molar-refractivity contribution in [3.05, 3.63) is 108 Å². The van der Waals surface area contributed by atoms with Gasteiger partial charge in [-0.1, -0.05) is 54.6 Å². The van der Waals surface area contributed by atoms with Crippen LogP contribution in [0.5, 0.6) is 5.75 Å². The van der Waals surface area contributed by atoms with Crippen LogP contribution >= 0.6 is 0 Å². The number of imide groups is 1. The summed E-state index contributed by atoms with van der Waals surface area (Å²) < 4.78 is 5.73. The van der Waals surface area contributed by atoms with Crippen molar-refractivity contribution in [3.63, 3.8) is 0 Å². The molecule has 8 nitrogen and oxygen atoms in total. The summed E-state index contributed by atoms with van der Waals surface area (Å²) in [4.78, 5) is 38.2. The number of hydrogen-bond donors (Lipinski definition) is 3. The summed E-state index contributed by atoms with van der Waals surface area (Å²) in [5.41, 5.74) is 3.41. The predicted molar refractivity (Wildman–Crippen MR) is 127 cm³/mol. The zero-order chi connectivity index (χ0) is 24.2. The molecule has 0 unspecified atom stereocenters. The minimum Gasteiger partial charge on any atom is -0.492 e. The highest BCUT2D eigenvalue weighted by molar-refractivity contribution is 6.04. The monoisotopic (exact) mass is 459 g/mol. The van der Waals surface area contributed by atoms with E-state index >= 15 is 0 Å². The van der Waals surface area contributed by atoms with E-state index in [2.05, 4.69) is 5.32 Å². The number of amides is 4. The van der Waals surface area contributed by atoms with Crippen molar-refractivity contribution in [3.8, 4) is 5.75 Å². The first-order chi connectivity index (χ1) is 16.5. The van der Waals surface area contributed by atoms with Crippen LogP contribution < -0.4 is 15.5 Å². The minimum absolute atomic E-state index is 0.208. The summed E-state index contributed by atoms with van der Waals surface area (Å²) in [5.74, 6) is -0.465. The lowest BCUT2D eigenvalue weighted by Gasteiger charge is -2.23. The third kappa shape index (κ3) is 7.61. The fourth-order valence-electron chi connectivity index (χ4n) is 3.11. The number of nitrogens with zero attached hydrogens (tertiary/aromatic N) is 1. The van der Waals surface area contributed by atoms with Crippen molar-refractivity contribution in [2.75, 3.05) is 13.2 Å². The predicted octanol–water partition coefficient (Wildman–Crippen LogP) is 3.64. The van der Waals surface area contributed by atoms with E-state index in [9.17, 15) is 14.4 Å². The fraction of sp³-hybridized carbons (Fsp3) is 0.115. The molecule has 3 aromatic rings. The number of para-hydroxylation sites is 1. The molecule has 0 saturated heterocycles. The largest absolute Gasteiger partial charge is 0.492 e. The summed E-state index contributed by atoms with van der Waals surface area (Å²) in [6, 6.07) is 24.4. The van der Waals surface area contributed by atoms with E-state index in [-0.39, 0.29) is 19.7 Å². The van der Waals surface area contributed by atoms with Crippen LogP contribution in [0, 0.1) is 0 Å². The van der Waals surface area contributed by atoms with E-state index in [1.807, 2.05) is 36.4 Å². The van der Waals surface area contributed by atoms with Gasteiger partial charge in [-0.05, 0) is 47.5 Å². The second-order valence-electron chi connectivity index (χ2n) is 7.26. The van der Waals surface area contributed by atoms with Gasteiger partial charge >= 0.3 is 6.03 Å². The number of benzene rings is 3. The van der Waals surface area contributed by atoms with Crippen molar-refractivity contribution in [1.82, 2.24) is 15.7 Å². The van der Waals surface area contributed by atoms with E-state index in [1.54, 1.807) is 48.5 Å². The molecule has 0 bridgehead atoms. The van der Waals surface area contributed by atoms with E-state index in [0.717, 1.165) is 5.56 Å².